The van der Waals surface area contributed by atoms with Gasteiger partial charge in [0, 0.05) is 24.7 Å². The fourth-order valence-corrected chi connectivity index (χ4v) is 3.60. The van der Waals surface area contributed by atoms with Crippen LogP contribution in [0.25, 0.3) is 16.6 Å². The maximum absolute atomic E-state index is 13.0. The van der Waals surface area contributed by atoms with Crippen LogP contribution in [0.3, 0.4) is 0 Å². The molecule has 6 nitrogen and oxygen atoms in total. The largest absolute Gasteiger partial charge is 0.395 e. The van der Waals surface area contributed by atoms with E-state index in [1.54, 1.807) is 41.0 Å². The van der Waals surface area contributed by atoms with Gasteiger partial charge in [-0.15, -0.1) is 0 Å². The highest BCUT2D eigenvalue weighted by molar-refractivity contribution is 6.30. The average molecular weight is 358 g/mol. The van der Waals surface area contributed by atoms with Crippen molar-refractivity contribution in [3.8, 4) is 5.69 Å². The third-order valence-corrected chi connectivity index (χ3v) is 4.75. The molecule has 0 saturated heterocycles. The van der Waals surface area contributed by atoms with E-state index in [9.17, 15) is 14.7 Å². The molecule has 25 heavy (non-hydrogen) atoms. The number of halogens is 1. The fraction of sp³-hybridized carbons (Fsp3) is 0.222. The first-order valence-corrected chi connectivity index (χ1v) is 8.40. The number of β-amino-alcohol motifs (C(OH)–C–C–N with tert-alkyl or cyclic N) is 1. The van der Waals surface area contributed by atoms with Gasteiger partial charge in [0.05, 0.1) is 28.9 Å². The van der Waals surface area contributed by atoms with Crippen molar-refractivity contribution in [1.82, 2.24) is 9.13 Å². The van der Waals surface area contributed by atoms with Crippen molar-refractivity contribution in [1.29, 1.82) is 0 Å². The van der Waals surface area contributed by atoms with Crippen molar-refractivity contribution in [3.05, 3.63) is 68.3 Å². The Balaban J connectivity index is 2.08. The zero-order chi connectivity index (χ0) is 17.6. The lowest BCUT2D eigenvalue weighted by atomic mass is 10.1. The summed E-state index contributed by atoms with van der Waals surface area (Å²) in [5.41, 5.74) is 1.12. The highest BCUT2D eigenvalue weighted by Crippen LogP contribution is 2.27. The highest BCUT2D eigenvalue weighted by Gasteiger charge is 2.23. The Bertz CT molecular complexity index is 1090. The molecule has 0 fully saturated rings. The molecule has 0 amide bonds. The van der Waals surface area contributed by atoms with E-state index < -0.39 is 0 Å². The standard InChI is InChI=1S/C18H16ClN3O3/c19-12-3-1-4-13(11-12)22-17(24)14-5-2-6-15-16(14)21(18(22)25)8-7-20(15)9-10-23/h1-6,11,23H,7-10H2. The van der Waals surface area contributed by atoms with Crippen LogP contribution in [-0.2, 0) is 6.54 Å². The maximum Gasteiger partial charge on any atom is 0.336 e. The van der Waals surface area contributed by atoms with E-state index in [4.69, 9.17) is 11.6 Å². The molecule has 3 aromatic rings. The van der Waals surface area contributed by atoms with E-state index in [0.29, 0.717) is 41.2 Å². The van der Waals surface area contributed by atoms with E-state index >= 15 is 0 Å². The van der Waals surface area contributed by atoms with Crippen molar-refractivity contribution in [2.45, 2.75) is 6.54 Å². The Hall–Kier alpha value is -2.57. The smallest absolute Gasteiger partial charge is 0.336 e. The summed E-state index contributed by atoms with van der Waals surface area (Å²) in [6.07, 6.45) is 0. The first-order chi connectivity index (χ1) is 12.1. The molecule has 0 spiro atoms. The minimum Gasteiger partial charge on any atom is -0.395 e. The van der Waals surface area contributed by atoms with Crippen LogP contribution in [0.1, 0.15) is 0 Å². The highest BCUT2D eigenvalue weighted by atomic mass is 35.5. The van der Waals surface area contributed by atoms with E-state index in [0.717, 1.165) is 5.69 Å². The molecule has 1 aliphatic heterocycles. The Kier molecular flexibility index (Phi) is 3.86. The normalized spacial score (nSPS) is 13.4. The van der Waals surface area contributed by atoms with Gasteiger partial charge in [-0.05, 0) is 30.3 Å². The second kappa shape index (κ2) is 6.06. The predicted octanol–water partition coefficient (Wildman–Crippen LogP) is 1.62. The van der Waals surface area contributed by atoms with Gasteiger partial charge in [0.15, 0.2) is 0 Å². The molecule has 7 heteroatoms. The Morgan fingerprint density at radius 2 is 1.88 bits per heavy atom. The fourth-order valence-electron chi connectivity index (χ4n) is 3.41. The zero-order valence-corrected chi connectivity index (χ0v) is 14.1. The van der Waals surface area contributed by atoms with E-state index in [1.807, 2.05) is 11.0 Å². The van der Waals surface area contributed by atoms with Crippen LogP contribution < -0.4 is 16.1 Å². The molecular weight excluding hydrogens is 342 g/mol. The third-order valence-electron chi connectivity index (χ3n) is 4.51. The number of para-hydroxylation sites is 1. The van der Waals surface area contributed by atoms with Crippen LogP contribution in [0.2, 0.25) is 5.02 Å². The van der Waals surface area contributed by atoms with Crippen molar-refractivity contribution in [2.75, 3.05) is 24.6 Å². The van der Waals surface area contributed by atoms with Gasteiger partial charge in [0.1, 0.15) is 0 Å². The number of rotatable bonds is 3. The molecule has 128 valence electrons. The quantitative estimate of drug-likeness (QED) is 0.773. The number of aliphatic hydroxyl groups is 1. The first kappa shape index (κ1) is 15.9. The van der Waals surface area contributed by atoms with E-state index in [2.05, 4.69) is 0 Å². The SMILES string of the molecule is O=c1c2cccc3c2n(c(=O)n1-c1cccc(Cl)c1)CCN3CCO. The summed E-state index contributed by atoms with van der Waals surface area (Å²) in [4.78, 5) is 28.0. The Labute approximate surface area is 148 Å². The van der Waals surface area contributed by atoms with E-state index in [-0.39, 0.29) is 17.9 Å². The monoisotopic (exact) mass is 357 g/mol. The zero-order valence-electron chi connectivity index (χ0n) is 13.4. The summed E-state index contributed by atoms with van der Waals surface area (Å²) in [6, 6.07) is 12.1. The second-order valence-electron chi connectivity index (χ2n) is 5.94. The first-order valence-electron chi connectivity index (χ1n) is 8.02. The van der Waals surface area contributed by atoms with Crippen LogP contribution in [0.15, 0.2) is 52.1 Å². The van der Waals surface area contributed by atoms with Gasteiger partial charge >= 0.3 is 5.69 Å². The van der Waals surface area contributed by atoms with Crippen LogP contribution >= 0.6 is 11.6 Å². The predicted molar refractivity (Wildman–Crippen MR) is 98.1 cm³/mol. The van der Waals surface area contributed by atoms with Crippen LogP contribution in [0.4, 0.5) is 5.69 Å². The maximum atomic E-state index is 13.0. The van der Waals surface area contributed by atoms with Gasteiger partial charge in [0.25, 0.3) is 5.56 Å². The number of aromatic nitrogens is 2. The van der Waals surface area contributed by atoms with Gasteiger partial charge < -0.3 is 10.0 Å². The molecule has 0 bridgehead atoms. The number of anilines is 1. The Morgan fingerprint density at radius 3 is 2.64 bits per heavy atom. The van der Waals surface area contributed by atoms with Crippen molar-refractivity contribution in [3.63, 3.8) is 0 Å². The molecule has 2 aromatic carbocycles. The van der Waals surface area contributed by atoms with Crippen molar-refractivity contribution >= 4 is 28.2 Å². The lowest BCUT2D eigenvalue weighted by molar-refractivity contribution is 0.300. The van der Waals surface area contributed by atoms with Crippen LogP contribution in [-0.4, -0.2) is 33.9 Å². The number of benzene rings is 2. The molecular formula is C18H16ClN3O3. The summed E-state index contributed by atoms with van der Waals surface area (Å²) in [6.45, 7) is 1.53. The van der Waals surface area contributed by atoms with E-state index in [1.165, 1.54) is 4.57 Å². The molecule has 0 aliphatic carbocycles. The molecule has 0 atom stereocenters. The number of aliphatic hydroxyl groups excluding tert-OH is 1. The molecule has 4 rings (SSSR count). The topological polar surface area (TPSA) is 67.5 Å². The molecule has 1 aliphatic rings. The molecule has 2 heterocycles. The third kappa shape index (κ3) is 2.45. The van der Waals surface area contributed by atoms with Crippen LogP contribution in [0, 0.1) is 0 Å². The minimum absolute atomic E-state index is 0.0141. The summed E-state index contributed by atoms with van der Waals surface area (Å²) in [7, 11) is 0. The molecule has 1 aromatic heterocycles. The lowest BCUT2D eigenvalue weighted by Gasteiger charge is -2.31. The summed E-state index contributed by atoms with van der Waals surface area (Å²) in [5, 5.41) is 10.2. The molecule has 0 saturated carbocycles. The van der Waals surface area contributed by atoms with Crippen molar-refractivity contribution < 1.29 is 5.11 Å². The van der Waals surface area contributed by atoms with Gasteiger partial charge in [-0.1, -0.05) is 23.7 Å². The summed E-state index contributed by atoms with van der Waals surface area (Å²) < 4.78 is 2.79. The summed E-state index contributed by atoms with van der Waals surface area (Å²) >= 11 is 6.03. The Morgan fingerprint density at radius 1 is 1.08 bits per heavy atom. The second-order valence-corrected chi connectivity index (χ2v) is 6.38. The number of hydrogen-bond acceptors (Lipinski definition) is 4. The molecule has 0 radical (unpaired) electrons. The van der Waals surface area contributed by atoms with Gasteiger partial charge in [-0.25, -0.2) is 9.36 Å². The number of nitrogens with zero attached hydrogens (tertiary/aromatic N) is 3. The molecule has 1 N–H and O–H groups in total. The lowest BCUT2D eigenvalue weighted by Crippen LogP contribution is -2.44. The average Bonchev–Trinajstić information content (AvgIpc) is 2.61. The summed E-state index contributed by atoms with van der Waals surface area (Å²) in [5.74, 6) is 0. The molecule has 0 unspecified atom stereocenters. The van der Waals surface area contributed by atoms with Gasteiger partial charge in [-0.3, -0.25) is 9.36 Å². The minimum atomic E-state index is -0.379. The van der Waals surface area contributed by atoms with Gasteiger partial charge in [-0.2, -0.15) is 0 Å². The van der Waals surface area contributed by atoms with Crippen LogP contribution in [0.5, 0.6) is 0 Å². The number of hydrogen-bond donors (Lipinski definition) is 1. The van der Waals surface area contributed by atoms with Crippen molar-refractivity contribution in [2.24, 2.45) is 0 Å². The van der Waals surface area contributed by atoms with Gasteiger partial charge in [0.2, 0.25) is 0 Å².